The highest BCUT2D eigenvalue weighted by Crippen LogP contribution is 2.23. The maximum Gasteiger partial charge on any atom is 0.266 e. The monoisotopic (exact) mass is 333 g/mol. The summed E-state index contributed by atoms with van der Waals surface area (Å²) < 4.78 is 14.9. The van der Waals surface area contributed by atoms with E-state index >= 15 is 0 Å². The predicted octanol–water partition coefficient (Wildman–Crippen LogP) is 2.18. The van der Waals surface area contributed by atoms with Gasteiger partial charge in [0.2, 0.25) is 0 Å². The summed E-state index contributed by atoms with van der Waals surface area (Å²) in [4.78, 5) is 21.1. The minimum Gasteiger partial charge on any atom is -0.384 e. The van der Waals surface area contributed by atoms with E-state index in [4.69, 9.17) is 23.1 Å². The average Bonchev–Trinajstić information content (AvgIpc) is 2.49. The third kappa shape index (κ3) is 2.64. The van der Waals surface area contributed by atoms with Crippen LogP contribution in [0.15, 0.2) is 35.3 Å². The Bertz CT molecular complexity index is 953. The number of halogens is 2. The van der Waals surface area contributed by atoms with E-state index in [1.165, 1.54) is 10.8 Å². The summed E-state index contributed by atoms with van der Waals surface area (Å²) in [5.74, 6) is -0.00788. The fourth-order valence-electron chi connectivity index (χ4n) is 2.32. The average molecular weight is 334 g/mol. The van der Waals surface area contributed by atoms with Gasteiger partial charge in [-0.15, -0.1) is 0 Å². The Morgan fingerprint density at radius 2 is 2.09 bits per heavy atom. The quantitative estimate of drug-likeness (QED) is 0.748. The SMILES string of the molecule is C[C@H](N)c1nc2c(Cl)cc(F)cc2c(=O)n1-c1ccc(N)nc1. The molecule has 2 heterocycles. The molecule has 0 amide bonds. The van der Waals surface area contributed by atoms with Crippen molar-refractivity contribution >= 4 is 28.3 Å². The molecule has 1 atom stereocenters. The van der Waals surface area contributed by atoms with Crippen LogP contribution in [0.3, 0.4) is 0 Å². The molecule has 6 nitrogen and oxygen atoms in total. The Morgan fingerprint density at radius 1 is 1.35 bits per heavy atom. The molecule has 0 saturated carbocycles. The number of hydrogen-bond donors (Lipinski definition) is 2. The summed E-state index contributed by atoms with van der Waals surface area (Å²) in [7, 11) is 0. The van der Waals surface area contributed by atoms with Crippen molar-refractivity contribution in [2.45, 2.75) is 13.0 Å². The zero-order chi connectivity index (χ0) is 16.7. The van der Waals surface area contributed by atoms with E-state index in [1.54, 1.807) is 19.1 Å². The molecule has 0 aliphatic heterocycles. The van der Waals surface area contributed by atoms with Crippen molar-refractivity contribution in [3.05, 3.63) is 57.5 Å². The fraction of sp³-hybridized carbons (Fsp3) is 0.133. The predicted molar refractivity (Wildman–Crippen MR) is 87.1 cm³/mol. The van der Waals surface area contributed by atoms with E-state index in [0.717, 1.165) is 12.1 Å². The number of anilines is 1. The number of hydrogen-bond acceptors (Lipinski definition) is 5. The van der Waals surface area contributed by atoms with Crippen LogP contribution in [0, 0.1) is 5.82 Å². The third-order valence-corrected chi connectivity index (χ3v) is 3.64. The molecule has 3 aromatic rings. The normalized spacial score (nSPS) is 12.5. The Kier molecular flexibility index (Phi) is 3.75. The first kappa shape index (κ1) is 15.4. The highest BCUT2D eigenvalue weighted by molar-refractivity contribution is 6.35. The van der Waals surface area contributed by atoms with E-state index in [0.29, 0.717) is 17.3 Å². The van der Waals surface area contributed by atoms with Crippen LogP contribution < -0.4 is 17.0 Å². The van der Waals surface area contributed by atoms with Gasteiger partial charge in [-0.3, -0.25) is 9.36 Å². The van der Waals surface area contributed by atoms with Gasteiger partial charge in [0, 0.05) is 0 Å². The molecular formula is C15H13ClFN5O. The first-order valence-corrected chi connectivity index (χ1v) is 7.15. The lowest BCUT2D eigenvalue weighted by Crippen LogP contribution is -2.27. The summed E-state index contributed by atoms with van der Waals surface area (Å²) >= 11 is 6.01. The van der Waals surface area contributed by atoms with E-state index in [-0.39, 0.29) is 15.9 Å². The Balaban J connectivity index is 2.44. The summed E-state index contributed by atoms with van der Waals surface area (Å²) in [6.45, 7) is 1.69. The number of fused-ring (bicyclic) bond motifs is 1. The number of nitrogen functional groups attached to an aromatic ring is 1. The molecule has 0 unspecified atom stereocenters. The maximum atomic E-state index is 13.6. The molecule has 0 radical (unpaired) electrons. The van der Waals surface area contributed by atoms with Crippen LogP contribution in [-0.2, 0) is 0 Å². The standard InChI is InChI=1S/C15H13ClFN5O/c1-7(18)14-21-13-10(4-8(17)5-11(13)16)15(23)22(14)9-2-3-12(19)20-6-9/h2-7H,18H2,1H3,(H2,19,20)/t7-/m0/s1. The van der Waals surface area contributed by atoms with Gasteiger partial charge in [-0.25, -0.2) is 14.4 Å². The Morgan fingerprint density at radius 3 is 2.70 bits per heavy atom. The summed E-state index contributed by atoms with van der Waals surface area (Å²) in [6.07, 6.45) is 1.43. The van der Waals surface area contributed by atoms with Gasteiger partial charge in [-0.05, 0) is 31.2 Å². The van der Waals surface area contributed by atoms with Gasteiger partial charge < -0.3 is 11.5 Å². The largest absolute Gasteiger partial charge is 0.384 e. The van der Waals surface area contributed by atoms with Crippen molar-refractivity contribution in [2.24, 2.45) is 5.73 Å². The number of rotatable bonds is 2. The van der Waals surface area contributed by atoms with Gasteiger partial charge in [0.15, 0.2) is 0 Å². The fourth-order valence-corrected chi connectivity index (χ4v) is 2.56. The molecule has 0 spiro atoms. The van der Waals surface area contributed by atoms with E-state index in [1.807, 2.05) is 0 Å². The van der Waals surface area contributed by atoms with Crippen LogP contribution in [-0.4, -0.2) is 14.5 Å². The van der Waals surface area contributed by atoms with Crippen LogP contribution in [0.4, 0.5) is 10.2 Å². The van der Waals surface area contributed by atoms with Crippen LogP contribution >= 0.6 is 11.6 Å². The zero-order valence-electron chi connectivity index (χ0n) is 12.1. The summed E-state index contributed by atoms with van der Waals surface area (Å²) in [6, 6.07) is 4.82. The molecule has 0 saturated heterocycles. The van der Waals surface area contributed by atoms with Crippen molar-refractivity contribution in [1.29, 1.82) is 0 Å². The molecule has 0 fully saturated rings. The van der Waals surface area contributed by atoms with Crippen LogP contribution in [0.1, 0.15) is 18.8 Å². The van der Waals surface area contributed by atoms with E-state index in [9.17, 15) is 9.18 Å². The van der Waals surface area contributed by atoms with Gasteiger partial charge in [0.1, 0.15) is 17.5 Å². The van der Waals surface area contributed by atoms with Crippen molar-refractivity contribution in [3.8, 4) is 5.69 Å². The first-order valence-electron chi connectivity index (χ1n) is 6.77. The lowest BCUT2D eigenvalue weighted by atomic mass is 10.2. The van der Waals surface area contributed by atoms with Crippen molar-refractivity contribution in [1.82, 2.24) is 14.5 Å². The van der Waals surface area contributed by atoms with Crippen molar-refractivity contribution in [3.63, 3.8) is 0 Å². The molecular weight excluding hydrogens is 321 g/mol. The number of aromatic nitrogens is 3. The van der Waals surface area contributed by atoms with Gasteiger partial charge >= 0.3 is 0 Å². The van der Waals surface area contributed by atoms with Crippen LogP contribution in [0.2, 0.25) is 5.02 Å². The molecule has 118 valence electrons. The summed E-state index contributed by atoms with van der Waals surface area (Å²) in [5, 5.41) is 0.123. The number of pyridine rings is 1. The maximum absolute atomic E-state index is 13.6. The first-order chi connectivity index (χ1) is 10.9. The molecule has 0 bridgehead atoms. The Hall–Kier alpha value is -2.51. The third-order valence-electron chi connectivity index (χ3n) is 3.35. The lowest BCUT2D eigenvalue weighted by Gasteiger charge is -2.16. The van der Waals surface area contributed by atoms with Gasteiger partial charge in [0.25, 0.3) is 5.56 Å². The minimum atomic E-state index is -0.614. The van der Waals surface area contributed by atoms with Crippen LogP contribution in [0.25, 0.3) is 16.6 Å². The van der Waals surface area contributed by atoms with Gasteiger partial charge in [-0.2, -0.15) is 0 Å². The molecule has 4 N–H and O–H groups in total. The molecule has 2 aromatic heterocycles. The molecule has 8 heteroatoms. The van der Waals surface area contributed by atoms with E-state index < -0.39 is 17.4 Å². The molecule has 23 heavy (non-hydrogen) atoms. The highest BCUT2D eigenvalue weighted by atomic mass is 35.5. The second-order valence-corrected chi connectivity index (χ2v) is 5.53. The highest BCUT2D eigenvalue weighted by Gasteiger charge is 2.18. The number of nitrogens with zero attached hydrogens (tertiary/aromatic N) is 3. The number of nitrogens with two attached hydrogens (primary N) is 2. The second-order valence-electron chi connectivity index (χ2n) is 5.12. The molecule has 0 aliphatic carbocycles. The lowest BCUT2D eigenvalue weighted by molar-refractivity contribution is 0.628. The van der Waals surface area contributed by atoms with Crippen molar-refractivity contribution in [2.75, 3.05) is 5.73 Å². The molecule has 0 aliphatic rings. The van der Waals surface area contributed by atoms with Crippen molar-refractivity contribution < 1.29 is 4.39 Å². The van der Waals surface area contributed by atoms with Gasteiger partial charge in [0.05, 0.1) is 33.9 Å². The van der Waals surface area contributed by atoms with E-state index in [2.05, 4.69) is 9.97 Å². The number of benzene rings is 1. The topological polar surface area (TPSA) is 99.8 Å². The van der Waals surface area contributed by atoms with Gasteiger partial charge in [-0.1, -0.05) is 11.6 Å². The summed E-state index contributed by atoms with van der Waals surface area (Å²) in [5.41, 5.74) is 11.7. The zero-order valence-corrected chi connectivity index (χ0v) is 12.9. The minimum absolute atomic E-state index is 0.0570. The molecule has 1 aromatic carbocycles. The Labute approximate surface area is 135 Å². The smallest absolute Gasteiger partial charge is 0.266 e. The molecule has 3 rings (SSSR count). The second kappa shape index (κ2) is 5.60. The van der Waals surface area contributed by atoms with Crippen LogP contribution in [0.5, 0.6) is 0 Å².